The van der Waals surface area contributed by atoms with Gasteiger partial charge in [-0.3, -0.25) is 14.4 Å². The first-order valence-corrected chi connectivity index (χ1v) is 11.2. The average molecular weight is 462 g/mol. The second-order valence-corrected chi connectivity index (χ2v) is 8.97. The van der Waals surface area contributed by atoms with Crippen LogP contribution in [-0.2, 0) is 14.4 Å². The first-order valence-electron chi connectivity index (χ1n) is 10.8. The van der Waals surface area contributed by atoms with Crippen LogP contribution in [0.4, 0.5) is 17.1 Å². The van der Waals surface area contributed by atoms with Gasteiger partial charge in [-0.2, -0.15) is 0 Å². The highest BCUT2D eigenvalue weighted by molar-refractivity contribution is 6.36. The lowest BCUT2D eigenvalue weighted by atomic mass is 9.90. The monoisotopic (exact) mass is 461 g/mol. The van der Waals surface area contributed by atoms with Crippen molar-refractivity contribution in [2.45, 2.75) is 19.1 Å². The molecule has 0 bridgehead atoms. The maximum Gasteiger partial charge on any atom is 0.266 e. The molecule has 168 valence electrons. The Kier molecular flexibility index (Phi) is 5.35. The van der Waals surface area contributed by atoms with Gasteiger partial charge in [-0.1, -0.05) is 54.1 Å². The van der Waals surface area contributed by atoms with Gasteiger partial charge >= 0.3 is 0 Å². The number of benzene rings is 3. The summed E-state index contributed by atoms with van der Waals surface area (Å²) in [5.74, 6) is -1.40. The summed E-state index contributed by atoms with van der Waals surface area (Å²) in [4.78, 5) is 36.6. The van der Waals surface area contributed by atoms with Crippen LogP contribution in [0.2, 0.25) is 5.02 Å². The van der Waals surface area contributed by atoms with Crippen LogP contribution in [0.25, 0.3) is 0 Å². The summed E-state index contributed by atoms with van der Waals surface area (Å²) in [5, 5.41) is 2.08. The quantitative estimate of drug-likeness (QED) is 0.524. The molecule has 2 amide bonds. The van der Waals surface area contributed by atoms with Gasteiger partial charge in [-0.25, -0.2) is 9.96 Å². The van der Waals surface area contributed by atoms with Crippen molar-refractivity contribution in [3.63, 3.8) is 0 Å². The summed E-state index contributed by atoms with van der Waals surface area (Å²) in [6, 6.07) is 22.2. The Hall–Kier alpha value is -3.35. The van der Waals surface area contributed by atoms with Gasteiger partial charge in [-0.15, -0.1) is 0 Å². The van der Waals surface area contributed by atoms with E-state index in [1.165, 1.54) is 4.90 Å². The summed E-state index contributed by atoms with van der Waals surface area (Å²) in [6.07, 6.45) is -0.924. The molecule has 0 saturated carbocycles. The van der Waals surface area contributed by atoms with Crippen LogP contribution in [0, 0.1) is 12.8 Å². The lowest BCUT2D eigenvalue weighted by Gasteiger charge is -2.30. The minimum Gasteiger partial charge on any atom is -0.378 e. The van der Waals surface area contributed by atoms with E-state index in [0.29, 0.717) is 10.7 Å². The molecule has 0 aliphatic carbocycles. The standard InChI is InChI=1S/C26H24ClN3O3/c1-16-8-4-6-10-20(16)30-23(17-12-14-18(15-13-17)28(2)3)22-24(33-30)26(32)29(25(22)31)21-11-7-5-9-19(21)27/h4-15,22-24H,1-3H3/t22-,23+,24+/m1/s1. The minimum absolute atomic E-state index is 0.309. The summed E-state index contributed by atoms with van der Waals surface area (Å²) in [5.41, 5.74) is 4.16. The Bertz CT molecular complexity index is 1230. The molecule has 2 fully saturated rings. The molecule has 2 aliphatic heterocycles. The number of fused-ring (bicyclic) bond motifs is 1. The van der Waals surface area contributed by atoms with E-state index in [4.69, 9.17) is 16.4 Å². The molecule has 0 aromatic heterocycles. The number of rotatable bonds is 4. The molecular weight excluding hydrogens is 438 g/mol. The molecule has 2 aliphatic rings. The molecule has 3 aromatic carbocycles. The molecule has 0 spiro atoms. The summed E-state index contributed by atoms with van der Waals surface area (Å²) in [7, 11) is 3.95. The molecule has 33 heavy (non-hydrogen) atoms. The summed E-state index contributed by atoms with van der Waals surface area (Å²) >= 11 is 6.34. The van der Waals surface area contributed by atoms with Gasteiger partial charge in [0, 0.05) is 19.8 Å². The van der Waals surface area contributed by atoms with Gasteiger partial charge in [0.25, 0.3) is 5.91 Å². The van der Waals surface area contributed by atoms with Gasteiger partial charge in [0.2, 0.25) is 5.91 Å². The van der Waals surface area contributed by atoms with Gasteiger partial charge in [0.05, 0.1) is 22.4 Å². The molecule has 2 heterocycles. The van der Waals surface area contributed by atoms with Crippen molar-refractivity contribution < 1.29 is 14.4 Å². The molecule has 3 atom stereocenters. The lowest BCUT2D eigenvalue weighted by molar-refractivity contribution is -0.126. The van der Waals surface area contributed by atoms with E-state index in [1.807, 2.05) is 74.4 Å². The minimum atomic E-state index is -0.924. The Morgan fingerprint density at radius 1 is 0.848 bits per heavy atom. The van der Waals surface area contributed by atoms with Crippen molar-refractivity contribution in [3.05, 3.63) is 88.9 Å². The van der Waals surface area contributed by atoms with Crippen LogP contribution in [0.15, 0.2) is 72.8 Å². The van der Waals surface area contributed by atoms with E-state index in [2.05, 4.69) is 0 Å². The van der Waals surface area contributed by atoms with Crippen LogP contribution in [-0.4, -0.2) is 32.0 Å². The van der Waals surface area contributed by atoms with Crippen LogP contribution >= 0.6 is 11.6 Å². The second-order valence-electron chi connectivity index (χ2n) is 8.56. The van der Waals surface area contributed by atoms with E-state index >= 15 is 0 Å². The van der Waals surface area contributed by atoms with Crippen molar-refractivity contribution in [1.29, 1.82) is 0 Å². The Balaban J connectivity index is 1.60. The van der Waals surface area contributed by atoms with Gasteiger partial charge in [-0.05, 0) is 48.4 Å². The van der Waals surface area contributed by atoms with E-state index in [9.17, 15) is 9.59 Å². The van der Waals surface area contributed by atoms with Crippen LogP contribution in [0.1, 0.15) is 17.2 Å². The van der Waals surface area contributed by atoms with Crippen molar-refractivity contribution in [2.24, 2.45) is 5.92 Å². The average Bonchev–Trinajstić information content (AvgIpc) is 3.31. The number of para-hydroxylation sites is 2. The Labute approximate surface area is 197 Å². The SMILES string of the molecule is Cc1ccccc1N1O[C@@H]2C(=O)N(c3ccccc3Cl)C(=O)[C@@H]2[C@@H]1c1ccc(N(C)C)cc1. The highest BCUT2D eigenvalue weighted by Gasteiger charge is 2.60. The molecule has 3 aromatic rings. The maximum absolute atomic E-state index is 13.7. The number of hydrogen-bond donors (Lipinski definition) is 0. The fourth-order valence-electron chi connectivity index (χ4n) is 4.61. The van der Waals surface area contributed by atoms with E-state index < -0.39 is 24.0 Å². The van der Waals surface area contributed by atoms with E-state index in [-0.39, 0.29) is 5.91 Å². The number of hydroxylamine groups is 1. The lowest BCUT2D eigenvalue weighted by Crippen LogP contribution is -2.37. The van der Waals surface area contributed by atoms with Crippen molar-refractivity contribution in [2.75, 3.05) is 29.0 Å². The van der Waals surface area contributed by atoms with Crippen LogP contribution in [0.5, 0.6) is 0 Å². The third kappa shape index (κ3) is 3.46. The fraction of sp³-hybridized carbons (Fsp3) is 0.231. The van der Waals surface area contributed by atoms with Crippen molar-refractivity contribution in [3.8, 4) is 0 Å². The molecule has 2 saturated heterocycles. The predicted octanol–water partition coefficient (Wildman–Crippen LogP) is 4.77. The Morgan fingerprint density at radius 3 is 2.12 bits per heavy atom. The first kappa shape index (κ1) is 21.5. The molecule has 7 heteroatoms. The zero-order valence-electron chi connectivity index (χ0n) is 18.6. The first-order chi connectivity index (χ1) is 15.9. The zero-order chi connectivity index (χ0) is 23.3. The molecule has 5 rings (SSSR count). The largest absolute Gasteiger partial charge is 0.378 e. The second kappa shape index (κ2) is 8.21. The number of aryl methyl sites for hydroxylation is 1. The third-order valence-corrected chi connectivity index (χ3v) is 6.63. The molecule has 0 unspecified atom stereocenters. The third-order valence-electron chi connectivity index (χ3n) is 6.31. The molecular formula is C26H24ClN3O3. The number of amides is 2. The maximum atomic E-state index is 13.7. The van der Waals surface area contributed by atoms with Crippen LogP contribution < -0.4 is 14.9 Å². The number of anilines is 3. The Morgan fingerprint density at radius 2 is 1.48 bits per heavy atom. The summed E-state index contributed by atoms with van der Waals surface area (Å²) < 4.78 is 0. The number of hydrogen-bond acceptors (Lipinski definition) is 5. The number of carbonyl (C=O) groups excluding carboxylic acids is 2. The number of halogens is 1. The normalized spacial score (nSPS) is 22.1. The number of imide groups is 1. The predicted molar refractivity (Wildman–Crippen MR) is 129 cm³/mol. The van der Waals surface area contributed by atoms with E-state index in [0.717, 1.165) is 22.5 Å². The van der Waals surface area contributed by atoms with E-state index in [1.54, 1.807) is 29.3 Å². The highest BCUT2D eigenvalue weighted by Crippen LogP contribution is 2.49. The number of carbonyl (C=O) groups is 2. The molecule has 6 nitrogen and oxygen atoms in total. The summed E-state index contributed by atoms with van der Waals surface area (Å²) in [6.45, 7) is 1.98. The molecule has 0 radical (unpaired) electrons. The number of nitrogens with zero attached hydrogens (tertiary/aromatic N) is 3. The zero-order valence-corrected chi connectivity index (χ0v) is 19.4. The molecule has 0 N–H and O–H groups in total. The highest BCUT2D eigenvalue weighted by atomic mass is 35.5. The fourth-order valence-corrected chi connectivity index (χ4v) is 4.83. The van der Waals surface area contributed by atoms with Gasteiger partial charge < -0.3 is 4.90 Å². The van der Waals surface area contributed by atoms with Crippen molar-refractivity contribution in [1.82, 2.24) is 0 Å². The van der Waals surface area contributed by atoms with Gasteiger partial charge in [0.1, 0.15) is 5.92 Å². The van der Waals surface area contributed by atoms with Gasteiger partial charge in [0.15, 0.2) is 6.10 Å². The van der Waals surface area contributed by atoms with Crippen molar-refractivity contribution >= 4 is 40.5 Å². The van der Waals surface area contributed by atoms with Crippen LogP contribution in [0.3, 0.4) is 0 Å². The topological polar surface area (TPSA) is 53.1 Å². The smallest absolute Gasteiger partial charge is 0.266 e.